The van der Waals surface area contributed by atoms with E-state index in [1.807, 2.05) is 6.92 Å². The fraction of sp³-hybridized carbons (Fsp3) is 0.818. The average molecular weight is 214 g/mol. The number of thioether (sulfide) groups is 1. The molecule has 1 heterocycles. The lowest BCUT2D eigenvalue weighted by Gasteiger charge is -2.23. The topological polar surface area (TPSA) is 34.1 Å². The van der Waals surface area contributed by atoms with E-state index in [2.05, 4.69) is 13.8 Å². The third kappa shape index (κ3) is 2.02. The molecule has 1 aliphatic rings. The lowest BCUT2D eigenvalue weighted by molar-refractivity contribution is -0.127. The van der Waals surface area contributed by atoms with E-state index in [0.29, 0.717) is 5.92 Å². The number of carbonyl (C=O) groups is 2. The molecule has 1 saturated heterocycles. The largest absolute Gasteiger partial charge is 0.297 e. The van der Waals surface area contributed by atoms with Crippen molar-refractivity contribution in [1.29, 1.82) is 0 Å². The summed E-state index contributed by atoms with van der Waals surface area (Å²) in [7, 11) is 0. The maximum absolute atomic E-state index is 11.8. The van der Waals surface area contributed by atoms with Gasteiger partial charge in [0.05, 0.1) is 10.7 Å². The van der Waals surface area contributed by atoms with Crippen LogP contribution in [0, 0.1) is 11.8 Å². The average Bonchev–Trinajstić information content (AvgIpc) is 2.30. The number of hydrogen-bond acceptors (Lipinski definition) is 3. The molecular weight excluding hydrogens is 196 g/mol. The van der Waals surface area contributed by atoms with Crippen molar-refractivity contribution >= 4 is 22.7 Å². The zero-order valence-electron chi connectivity index (χ0n) is 9.29. The van der Waals surface area contributed by atoms with E-state index in [1.54, 1.807) is 6.92 Å². The normalized spacial score (nSPS) is 35.0. The summed E-state index contributed by atoms with van der Waals surface area (Å²) in [6, 6.07) is 0. The third-order valence-electron chi connectivity index (χ3n) is 3.03. The molecule has 0 radical (unpaired) electrons. The molecule has 0 aromatic rings. The molecule has 2 unspecified atom stereocenters. The van der Waals surface area contributed by atoms with E-state index >= 15 is 0 Å². The van der Waals surface area contributed by atoms with E-state index in [0.717, 1.165) is 12.8 Å². The molecule has 1 fully saturated rings. The number of hydrogen-bond donors (Lipinski definition) is 0. The third-order valence-corrected chi connectivity index (χ3v) is 4.40. The summed E-state index contributed by atoms with van der Waals surface area (Å²) in [6.07, 6.45) is 1.88. The molecule has 1 rings (SSSR count). The fourth-order valence-corrected chi connectivity index (χ4v) is 3.25. The first-order valence-electron chi connectivity index (χ1n) is 5.18. The highest BCUT2D eigenvalue weighted by molar-refractivity contribution is 8.16. The van der Waals surface area contributed by atoms with Gasteiger partial charge in [-0.25, -0.2) is 0 Å². The quantitative estimate of drug-likeness (QED) is 0.677. The van der Waals surface area contributed by atoms with Gasteiger partial charge in [-0.05, 0) is 26.2 Å². The smallest absolute Gasteiger partial charge is 0.200 e. The van der Waals surface area contributed by atoms with Crippen molar-refractivity contribution in [3.05, 3.63) is 0 Å². The van der Waals surface area contributed by atoms with Crippen LogP contribution < -0.4 is 0 Å². The molecule has 14 heavy (non-hydrogen) atoms. The van der Waals surface area contributed by atoms with Crippen LogP contribution in [0.4, 0.5) is 0 Å². The zero-order chi connectivity index (χ0) is 10.9. The van der Waals surface area contributed by atoms with Gasteiger partial charge in [0, 0.05) is 0 Å². The molecular formula is C11H18O2S. The van der Waals surface area contributed by atoms with Gasteiger partial charge in [-0.2, -0.15) is 0 Å². The molecule has 2 nitrogen and oxygen atoms in total. The molecule has 3 heteroatoms. The van der Waals surface area contributed by atoms with Crippen LogP contribution in [0.1, 0.15) is 40.5 Å². The summed E-state index contributed by atoms with van der Waals surface area (Å²) in [5, 5.41) is 0.0424. The second-order valence-electron chi connectivity index (χ2n) is 4.46. The van der Waals surface area contributed by atoms with Crippen molar-refractivity contribution in [3.8, 4) is 0 Å². The van der Waals surface area contributed by atoms with Gasteiger partial charge in [-0.15, -0.1) is 0 Å². The minimum Gasteiger partial charge on any atom is -0.297 e. The Morgan fingerprint density at radius 3 is 2.43 bits per heavy atom. The predicted molar refractivity (Wildman–Crippen MR) is 59.2 cm³/mol. The summed E-state index contributed by atoms with van der Waals surface area (Å²) >= 11 is 1.24. The second kappa shape index (κ2) is 4.05. The minimum absolute atomic E-state index is 0.0424. The monoisotopic (exact) mass is 214 g/mol. The fourth-order valence-electron chi connectivity index (χ4n) is 1.88. The van der Waals surface area contributed by atoms with Crippen LogP contribution >= 0.6 is 11.8 Å². The van der Waals surface area contributed by atoms with Gasteiger partial charge in [0.15, 0.2) is 10.9 Å². The maximum Gasteiger partial charge on any atom is 0.200 e. The Labute approximate surface area is 89.8 Å². The highest BCUT2D eigenvalue weighted by Gasteiger charge is 2.48. The van der Waals surface area contributed by atoms with Crippen LogP contribution in [0.2, 0.25) is 0 Å². The van der Waals surface area contributed by atoms with Crippen molar-refractivity contribution in [2.45, 2.75) is 45.3 Å². The minimum atomic E-state index is -0.452. The van der Waals surface area contributed by atoms with Gasteiger partial charge in [-0.3, -0.25) is 9.59 Å². The van der Waals surface area contributed by atoms with E-state index in [1.165, 1.54) is 11.8 Å². The molecule has 3 atom stereocenters. The molecule has 0 amide bonds. The van der Waals surface area contributed by atoms with Crippen molar-refractivity contribution in [1.82, 2.24) is 0 Å². The van der Waals surface area contributed by atoms with Crippen LogP contribution in [-0.4, -0.2) is 15.6 Å². The Balaban J connectivity index is 2.76. The van der Waals surface area contributed by atoms with Gasteiger partial charge >= 0.3 is 0 Å². The Bertz CT molecular complexity index is 262. The number of carbonyl (C=O) groups excluding carboxylic acids is 2. The molecule has 0 aromatic heterocycles. The number of Topliss-reactive ketones (excluding diaryl/α,β-unsaturated/α-hetero) is 1. The van der Waals surface area contributed by atoms with Gasteiger partial charge in [0.2, 0.25) is 0 Å². The molecule has 1 aliphatic heterocycles. The lowest BCUT2D eigenvalue weighted by atomic mass is 9.87. The Hall–Kier alpha value is -0.310. The Morgan fingerprint density at radius 2 is 2.07 bits per heavy atom. The molecule has 0 aromatic carbocycles. The van der Waals surface area contributed by atoms with E-state index in [9.17, 15) is 9.59 Å². The summed E-state index contributed by atoms with van der Waals surface area (Å²) < 4.78 is -0.452. The Morgan fingerprint density at radius 1 is 1.50 bits per heavy atom. The summed E-state index contributed by atoms with van der Waals surface area (Å²) in [5.41, 5.74) is 0. The highest BCUT2D eigenvalue weighted by atomic mass is 32.2. The first-order chi connectivity index (χ1) is 6.40. The molecule has 0 N–H and O–H groups in total. The van der Waals surface area contributed by atoms with Gasteiger partial charge in [0.25, 0.3) is 0 Å². The SMILES string of the molecule is CC[C@H](C)CC1(C)SC(=O)C(C)C1=O. The van der Waals surface area contributed by atoms with Crippen molar-refractivity contribution in [2.24, 2.45) is 11.8 Å². The van der Waals surface area contributed by atoms with Gasteiger partial charge in [-0.1, -0.05) is 32.0 Å². The predicted octanol–water partition coefficient (Wildman–Crippen LogP) is 2.66. The van der Waals surface area contributed by atoms with Gasteiger partial charge < -0.3 is 0 Å². The van der Waals surface area contributed by atoms with E-state index in [4.69, 9.17) is 0 Å². The summed E-state index contributed by atoms with van der Waals surface area (Å²) in [6.45, 7) is 7.88. The van der Waals surface area contributed by atoms with Crippen molar-refractivity contribution in [2.75, 3.05) is 0 Å². The second-order valence-corrected chi connectivity index (χ2v) is 5.96. The van der Waals surface area contributed by atoms with Crippen LogP contribution in [-0.2, 0) is 9.59 Å². The Kier molecular flexibility index (Phi) is 3.40. The molecule has 0 aliphatic carbocycles. The van der Waals surface area contributed by atoms with Crippen molar-refractivity contribution in [3.63, 3.8) is 0 Å². The standard InChI is InChI=1S/C11H18O2S/c1-5-7(2)6-11(4)9(12)8(3)10(13)14-11/h7-8H,5-6H2,1-4H3/t7-,8?,11?/m0/s1. The first kappa shape index (κ1) is 11.8. The molecule has 0 spiro atoms. The van der Waals surface area contributed by atoms with Crippen LogP contribution in [0.3, 0.4) is 0 Å². The van der Waals surface area contributed by atoms with E-state index in [-0.39, 0.29) is 10.9 Å². The van der Waals surface area contributed by atoms with E-state index < -0.39 is 10.7 Å². The van der Waals surface area contributed by atoms with Crippen LogP contribution in [0.5, 0.6) is 0 Å². The molecule has 0 saturated carbocycles. The van der Waals surface area contributed by atoms with Gasteiger partial charge in [0.1, 0.15) is 0 Å². The molecule has 80 valence electrons. The number of ketones is 1. The zero-order valence-corrected chi connectivity index (χ0v) is 10.1. The first-order valence-corrected chi connectivity index (χ1v) is 5.99. The van der Waals surface area contributed by atoms with Crippen LogP contribution in [0.15, 0.2) is 0 Å². The molecule has 0 bridgehead atoms. The summed E-state index contributed by atoms with van der Waals surface area (Å²) in [4.78, 5) is 23.3. The maximum atomic E-state index is 11.8. The van der Waals surface area contributed by atoms with Crippen molar-refractivity contribution < 1.29 is 9.59 Å². The lowest BCUT2D eigenvalue weighted by Crippen LogP contribution is -2.31. The van der Waals surface area contributed by atoms with Crippen LogP contribution in [0.25, 0.3) is 0 Å². The summed E-state index contributed by atoms with van der Waals surface area (Å²) in [5.74, 6) is 0.233. The highest BCUT2D eigenvalue weighted by Crippen LogP contribution is 2.43. The number of rotatable bonds is 3.